The van der Waals surface area contributed by atoms with Gasteiger partial charge in [-0.1, -0.05) is 34.1 Å². The van der Waals surface area contributed by atoms with Gasteiger partial charge < -0.3 is 18.6 Å². The number of hydrogen-bond acceptors (Lipinski definition) is 2. The summed E-state index contributed by atoms with van der Waals surface area (Å²) in [5.74, 6) is 1.08. The third-order valence-electron chi connectivity index (χ3n) is 4.16. The van der Waals surface area contributed by atoms with E-state index in [0.29, 0.717) is 11.8 Å². The van der Waals surface area contributed by atoms with Crippen LogP contribution in [0, 0.1) is 31.1 Å². The second-order valence-electron chi connectivity index (χ2n) is 7.86. The minimum Gasteiger partial charge on any atom is -0.374 e. The molecule has 0 spiro atoms. The van der Waals surface area contributed by atoms with Crippen molar-refractivity contribution in [2.45, 2.75) is 70.7 Å². The van der Waals surface area contributed by atoms with E-state index >= 15 is 0 Å². The molecule has 1 aliphatic heterocycles. The molecule has 20 heavy (non-hydrogen) atoms. The summed E-state index contributed by atoms with van der Waals surface area (Å²) in [7, 11) is 0. The van der Waals surface area contributed by atoms with Gasteiger partial charge >= 0.3 is 0 Å². The average molecular weight is 373 g/mol. The molecule has 117 valence electrons. The van der Waals surface area contributed by atoms with Crippen LogP contribution in [-0.2, 0) is 37.4 Å². The van der Waals surface area contributed by atoms with Crippen LogP contribution in [0.5, 0.6) is 0 Å². The van der Waals surface area contributed by atoms with Gasteiger partial charge in [-0.25, -0.2) is 0 Å². The second kappa shape index (κ2) is 7.80. The van der Waals surface area contributed by atoms with Crippen LogP contribution in [-0.4, -0.2) is 17.0 Å². The van der Waals surface area contributed by atoms with Crippen molar-refractivity contribution in [3.63, 3.8) is 0 Å². The number of thiol groups is 1. The zero-order valence-corrected chi connectivity index (χ0v) is 17.8. The number of rotatable bonds is 5. The smallest absolute Gasteiger partial charge is 0.0805 e. The van der Waals surface area contributed by atoms with Gasteiger partial charge in [0.15, 0.2) is 0 Å². The third-order valence-corrected chi connectivity index (χ3v) is 4.75. The Bertz CT molecular complexity index is 296. The monoisotopic (exact) mass is 373 g/mol. The van der Waals surface area contributed by atoms with Gasteiger partial charge in [-0.2, -0.15) is 24.0 Å². The summed E-state index contributed by atoms with van der Waals surface area (Å²) in [6.07, 6.45) is 4.16. The average Bonchev–Trinajstić information content (AvgIpc) is 2.11. The molecule has 0 amide bonds. The van der Waals surface area contributed by atoms with Crippen molar-refractivity contribution >= 4 is 12.6 Å². The minimum absolute atomic E-state index is 0. The maximum absolute atomic E-state index is 6.33. The van der Waals surface area contributed by atoms with E-state index in [1.54, 1.807) is 0 Å². The summed E-state index contributed by atoms with van der Waals surface area (Å²) in [6.45, 7) is 20.4. The van der Waals surface area contributed by atoms with E-state index in [9.17, 15) is 0 Å². The molecule has 0 N–H and O–H groups in total. The van der Waals surface area contributed by atoms with Gasteiger partial charge in [-0.05, 0) is 32.1 Å². The van der Waals surface area contributed by atoms with Crippen molar-refractivity contribution in [2.75, 3.05) is 6.61 Å². The van der Waals surface area contributed by atoms with E-state index < -0.39 is 0 Å². The van der Waals surface area contributed by atoms with Gasteiger partial charge in [0.1, 0.15) is 0 Å². The molecule has 1 nitrogen and oxygen atoms in total. The van der Waals surface area contributed by atoms with Crippen molar-refractivity contribution in [3.05, 3.63) is 13.8 Å². The van der Waals surface area contributed by atoms with Gasteiger partial charge in [-0.15, -0.1) is 0 Å². The molecule has 4 atom stereocenters. The van der Waals surface area contributed by atoms with Gasteiger partial charge in [0.2, 0.25) is 0 Å². The Morgan fingerprint density at radius 2 is 1.95 bits per heavy atom. The summed E-state index contributed by atoms with van der Waals surface area (Å²) < 4.78 is 6.18. The molecule has 1 rings (SSSR count). The predicted molar refractivity (Wildman–Crippen MR) is 87.4 cm³/mol. The summed E-state index contributed by atoms with van der Waals surface area (Å²) in [4.78, 5) is 0. The van der Waals surface area contributed by atoms with E-state index in [1.165, 1.54) is 0 Å². The minimum atomic E-state index is -0.176. The first-order valence-electron chi connectivity index (χ1n) is 7.52. The third kappa shape index (κ3) is 5.90. The van der Waals surface area contributed by atoms with Crippen LogP contribution >= 0.6 is 12.6 Å². The summed E-state index contributed by atoms with van der Waals surface area (Å²) >= 11 is 5.01. The first-order valence-corrected chi connectivity index (χ1v) is 7.97. The van der Waals surface area contributed by atoms with Crippen LogP contribution in [0.2, 0.25) is 0 Å². The Balaban J connectivity index is 0.00000361. The molecule has 0 saturated carbocycles. The van der Waals surface area contributed by atoms with E-state index in [4.69, 9.17) is 17.4 Å². The standard InChI is InChI=1S/C17H32OS.Y/c1-13(2)10-16(7,19)17(12-15(4,5)6)11-14(3)8-9-18-17;/h13-14,19H,1,4,8-12H2,2-3,5-7H3;/q-2;. The summed E-state index contributed by atoms with van der Waals surface area (Å²) in [6, 6.07) is 0. The van der Waals surface area contributed by atoms with E-state index in [-0.39, 0.29) is 48.5 Å². The maximum Gasteiger partial charge on any atom is 0.0805 e. The molecular formula is C17H32OSY-2. The zero-order valence-electron chi connectivity index (χ0n) is 14.0. The quantitative estimate of drug-likeness (QED) is 0.529. The van der Waals surface area contributed by atoms with Crippen LogP contribution in [0.15, 0.2) is 0 Å². The van der Waals surface area contributed by atoms with E-state index in [0.717, 1.165) is 32.3 Å². The Kier molecular flexibility index (Phi) is 8.35. The van der Waals surface area contributed by atoms with Crippen molar-refractivity contribution in [1.82, 2.24) is 0 Å². The first-order chi connectivity index (χ1) is 8.47. The predicted octanol–water partition coefficient (Wildman–Crippen LogP) is 4.97. The first kappa shape index (κ1) is 21.4. The molecule has 0 aliphatic carbocycles. The molecule has 1 aliphatic rings. The van der Waals surface area contributed by atoms with Crippen LogP contribution in [0.25, 0.3) is 0 Å². The maximum atomic E-state index is 6.33. The van der Waals surface area contributed by atoms with Crippen molar-refractivity contribution in [1.29, 1.82) is 0 Å². The van der Waals surface area contributed by atoms with Crippen molar-refractivity contribution < 1.29 is 37.4 Å². The molecule has 1 heterocycles. The molecule has 1 saturated heterocycles. The Morgan fingerprint density at radius 3 is 2.35 bits per heavy atom. The van der Waals surface area contributed by atoms with Crippen LogP contribution in [0.4, 0.5) is 0 Å². The van der Waals surface area contributed by atoms with Crippen LogP contribution in [0.1, 0.15) is 60.3 Å². The summed E-state index contributed by atoms with van der Waals surface area (Å²) in [5.41, 5.74) is -0.170. The Hall–Kier alpha value is 1.41. The molecule has 4 unspecified atom stereocenters. The zero-order chi connectivity index (χ0) is 14.9. The van der Waals surface area contributed by atoms with Crippen molar-refractivity contribution in [3.8, 4) is 0 Å². The Labute approximate surface area is 157 Å². The van der Waals surface area contributed by atoms with Gasteiger partial charge in [0.25, 0.3) is 0 Å². The fraction of sp³-hybridized carbons (Fsp3) is 0.882. The summed E-state index contributed by atoms with van der Waals surface area (Å²) in [5, 5.41) is 0. The topological polar surface area (TPSA) is 9.23 Å². The Morgan fingerprint density at radius 1 is 1.40 bits per heavy atom. The number of ether oxygens (including phenoxy) is 1. The van der Waals surface area contributed by atoms with Gasteiger partial charge in [0.05, 0.1) is 5.60 Å². The van der Waals surface area contributed by atoms with Crippen LogP contribution < -0.4 is 0 Å². The molecule has 0 aromatic carbocycles. The molecule has 1 fully saturated rings. The molecular weight excluding hydrogens is 341 g/mol. The number of hydrogen-bond donors (Lipinski definition) is 1. The SMILES string of the molecule is [CH2-]C(C)CC(C)(S)C1(CC([CH2-])(C)C)CC(C)CCO1.[Y]. The molecule has 0 bridgehead atoms. The second-order valence-corrected chi connectivity index (χ2v) is 8.85. The normalized spacial score (nSPS) is 32.1. The molecule has 0 aromatic rings. The van der Waals surface area contributed by atoms with Gasteiger partial charge in [0, 0.05) is 44.1 Å². The van der Waals surface area contributed by atoms with Crippen LogP contribution in [0.3, 0.4) is 0 Å². The fourth-order valence-corrected chi connectivity index (χ4v) is 4.05. The molecule has 0 aromatic heterocycles. The van der Waals surface area contributed by atoms with E-state index in [1.807, 2.05) is 0 Å². The molecule has 1 radical (unpaired) electrons. The van der Waals surface area contributed by atoms with Crippen molar-refractivity contribution in [2.24, 2.45) is 17.3 Å². The van der Waals surface area contributed by atoms with E-state index in [2.05, 4.69) is 48.5 Å². The fourth-order valence-electron chi connectivity index (χ4n) is 3.51. The molecule has 3 heteroatoms. The largest absolute Gasteiger partial charge is 0.374 e. The van der Waals surface area contributed by atoms with Gasteiger partial charge in [-0.3, -0.25) is 0 Å².